The number of rotatable bonds is 6. The van der Waals surface area contributed by atoms with Crippen LogP contribution in [0.4, 0.5) is 11.4 Å². The Balaban J connectivity index is 1.54. The highest BCUT2D eigenvalue weighted by molar-refractivity contribution is 8.00. The average Bonchev–Trinajstić information content (AvgIpc) is 3.16. The monoisotopic (exact) mass is 353 g/mol. The van der Waals surface area contributed by atoms with Crippen LogP contribution in [0, 0.1) is 0 Å². The van der Waals surface area contributed by atoms with Gasteiger partial charge in [-0.3, -0.25) is 14.6 Å². The van der Waals surface area contributed by atoms with Crippen LogP contribution in [-0.4, -0.2) is 22.6 Å². The molecule has 0 atom stereocenters. The molecule has 0 radical (unpaired) electrons. The van der Waals surface area contributed by atoms with Gasteiger partial charge in [-0.15, -0.1) is 11.8 Å². The predicted molar refractivity (Wildman–Crippen MR) is 96.7 cm³/mol. The highest BCUT2D eigenvalue weighted by Crippen LogP contribution is 2.22. The average molecular weight is 353 g/mol. The maximum Gasteiger partial charge on any atom is 0.291 e. The third kappa shape index (κ3) is 4.95. The quantitative estimate of drug-likeness (QED) is 0.661. The zero-order valence-corrected chi connectivity index (χ0v) is 14.0. The maximum atomic E-state index is 12.0. The predicted octanol–water partition coefficient (Wildman–Crippen LogP) is 3.66. The standard InChI is InChI=1S/C18H15N3O3S/c22-17(20-13-6-8-19-9-7-13)12-25-15-4-1-3-14(11-15)21-18(23)16-5-2-10-24-16/h1-11H,12H2,(H,21,23)(H,19,20,22). The number of nitrogens with zero attached hydrogens (tertiary/aromatic N) is 1. The minimum absolute atomic E-state index is 0.110. The zero-order chi connectivity index (χ0) is 17.5. The number of carbonyl (C=O) groups excluding carboxylic acids is 2. The van der Waals surface area contributed by atoms with E-state index in [4.69, 9.17) is 4.42 Å². The van der Waals surface area contributed by atoms with Gasteiger partial charge in [0.15, 0.2) is 5.76 Å². The van der Waals surface area contributed by atoms with Crippen molar-refractivity contribution in [3.05, 3.63) is 72.9 Å². The number of aromatic nitrogens is 1. The lowest BCUT2D eigenvalue weighted by Gasteiger charge is -2.07. The highest BCUT2D eigenvalue weighted by Gasteiger charge is 2.09. The Morgan fingerprint density at radius 1 is 1.00 bits per heavy atom. The Morgan fingerprint density at radius 3 is 2.60 bits per heavy atom. The number of pyridine rings is 1. The van der Waals surface area contributed by atoms with Crippen molar-refractivity contribution < 1.29 is 14.0 Å². The number of benzene rings is 1. The smallest absolute Gasteiger partial charge is 0.291 e. The van der Waals surface area contributed by atoms with E-state index in [0.29, 0.717) is 11.4 Å². The molecule has 6 nitrogen and oxygen atoms in total. The summed E-state index contributed by atoms with van der Waals surface area (Å²) < 4.78 is 5.06. The summed E-state index contributed by atoms with van der Waals surface area (Å²) in [6, 6.07) is 14.0. The van der Waals surface area contributed by atoms with Gasteiger partial charge in [0.2, 0.25) is 5.91 Å². The van der Waals surface area contributed by atoms with E-state index in [1.54, 1.807) is 42.7 Å². The SMILES string of the molecule is O=C(CSc1cccc(NC(=O)c2ccco2)c1)Nc1ccncc1. The first kappa shape index (κ1) is 16.8. The van der Waals surface area contributed by atoms with Crippen LogP contribution in [0.15, 0.2) is 76.5 Å². The van der Waals surface area contributed by atoms with Gasteiger partial charge in [0.25, 0.3) is 5.91 Å². The number of thioether (sulfide) groups is 1. The van der Waals surface area contributed by atoms with Gasteiger partial charge in [-0.1, -0.05) is 6.07 Å². The van der Waals surface area contributed by atoms with Gasteiger partial charge in [-0.2, -0.15) is 0 Å². The molecule has 0 fully saturated rings. The normalized spacial score (nSPS) is 10.2. The molecule has 0 unspecified atom stereocenters. The van der Waals surface area contributed by atoms with Crippen molar-refractivity contribution in [2.45, 2.75) is 4.90 Å². The number of anilines is 2. The van der Waals surface area contributed by atoms with E-state index in [-0.39, 0.29) is 23.3 Å². The minimum Gasteiger partial charge on any atom is -0.459 e. The number of amides is 2. The third-order valence-electron chi connectivity index (χ3n) is 3.17. The van der Waals surface area contributed by atoms with Crippen LogP contribution < -0.4 is 10.6 Å². The van der Waals surface area contributed by atoms with E-state index < -0.39 is 0 Å². The molecule has 0 saturated carbocycles. The molecule has 2 amide bonds. The van der Waals surface area contributed by atoms with Gasteiger partial charge in [0.1, 0.15) is 0 Å². The van der Waals surface area contributed by atoms with E-state index in [1.807, 2.05) is 18.2 Å². The molecule has 0 aliphatic carbocycles. The van der Waals surface area contributed by atoms with Crippen LogP contribution >= 0.6 is 11.8 Å². The van der Waals surface area contributed by atoms with Gasteiger partial charge in [0.05, 0.1) is 12.0 Å². The van der Waals surface area contributed by atoms with E-state index in [9.17, 15) is 9.59 Å². The fraction of sp³-hybridized carbons (Fsp3) is 0.0556. The summed E-state index contributed by atoms with van der Waals surface area (Å²) in [5, 5.41) is 5.55. The first-order chi connectivity index (χ1) is 12.2. The minimum atomic E-state index is -0.317. The first-order valence-corrected chi connectivity index (χ1v) is 8.47. The van der Waals surface area contributed by atoms with Crippen LogP contribution in [-0.2, 0) is 4.79 Å². The Labute approximate surface area is 148 Å². The third-order valence-corrected chi connectivity index (χ3v) is 4.16. The summed E-state index contributed by atoms with van der Waals surface area (Å²) in [5.41, 5.74) is 1.35. The summed E-state index contributed by atoms with van der Waals surface area (Å²) in [6.45, 7) is 0. The van der Waals surface area contributed by atoms with Crippen LogP contribution in [0.5, 0.6) is 0 Å². The number of nitrogens with one attached hydrogen (secondary N) is 2. The zero-order valence-electron chi connectivity index (χ0n) is 13.1. The van der Waals surface area contributed by atoms with Crippen LogP contribution in [0.2, 0.25) is 0 Å². The molecular weight excluding hydrogens is 338 g/mol. The second-order valence-electron chi connectivity index (χ2n) is 5.03. The lowest BCUT2D eigenvalue weighted by Crippen LogP contribution is -2.14. The lowest BCUT2D eigenvalue weighted by atomic mass is 10.3. The largest absolute Gasteiger partial charge is 0.459 e. The Morgan fingerprint density at radius 2 is 1.84 bits per heavy atom. The number of carbonyl (C=O) groups is 2. The molecule has 126 valence electrons. The fourth-order valence-corrected chi connectivity index (χ4v) is 2.80. The molecule has 0 aliphatic rings. The molecule has 3 rings (SSSR count). The van der Waals surface area contributed by atoms with Crippen molar-refractivity contribution in [1.82, 2.24) is 4.98 Å². The molecule has 0 spiro atoms. The Bertz CT molecular complexity index is 851. The summed E-state index contributed by atoms with van der Waals surface area (Å²) in [6.07, 6.45) is 4.68. The Hall–Kier alpha value is -3.06. The molecule has 7 heteroatoms. The van der Waals surface area contributed by atoms with Crippen molar-refractivity contribution in [3.63, 3.8) is 0 Å². The summed E-state index contributed by atoms with van der Waals surface area (Å²) in [4.78, 5) is 28.7. The number of hydrogen-bond acceptors (Lipinski definition) is 5. The molecule has 2 aromatic heterocycles. The van der Waals surface area contributed by atoms with Crippen molar-refractivity contribution in [2.75, 3.05) is 16.4 Å². The molecule has 1 aromatic carbocycles. The van der Waals surface area contributed by atoms with Gasteiger partial charge < -0.3 is 15.1 Å². The van der Waals surface area contributed by atoms with Crippen LogP contribution in [0.1, 0.15) is 10.6 Å². The number of hydrogen-bond donors (Lipinski definition) is 2. The van der Waals surface area contributed by atoms with E-state index in [0.717, 1.165) is 4.90 Å². The van der Waals surface area contributed by atoms with Gasteiger partial charge >= 0.3 is 0 Å². The summed E-state index contributed by atoms with van der Waals surface area (Å²) in [5.74, 6) is 0.0800. The molecule has 0 bridgehead atoms. The first-order valence-electron chi connectivity index (χ1n) is 7.48. The van der Waals surface area contributed by atoms with E-state index >= 15 is 0 Å². The molecule has 2 heterocycles. The molecule has 2 N–H and O–H groups in total. The molecule has 3 aromatic rings. The topological polar surface area (TPSA) is 84.2 Å². The van der Waals surface area contributed by atoms with E-state index in [1.165, 1.54) is 18.0 Å². The second kappa shape index (κ2) is 8.16. The van der Waals surface area contributed by atoms with Crippen molar-refractivity contribution in [2.24, 2.45) is 0 Å². The number of furan rings is 1. The van der Waals surface area contributed by atoms with E-state index in [2.05, 4.69) is 15.6 Å². The molecule has 0 saturated heterocycles. The van der Waals surface area contributed by atoms with Crippen LogP contribution in [0.3, 0.4) is 0 Å². The van der Waals surface area contributed by atoms with Gasteiger partial charge in [0, 0.05) is 28.7 Å². The van der Waals surface area contributed by atoms with Crippen molar-refractivity contribution in [1.29, 1.82) is 0 Å². The Kier molecular flexibility index (Phi) is 5.48. The maximum absolute atomic E-state index is 12.0. The van der Waals surface area contributed by atoms with Crippen molar-refractivity contribution in [3.8, 4) is 0 Å². The summed E-state index contributed by atoms with van der Waals surface area (Å²) >= 11 is 1.38. The second-order valence-corrected chi connectivity index (χ2v) is 6.08. The fourth-order valence-electron chi connectivity index (χ4n) is 2.05. The van der Waals surface area contributed by atoms with Gasteiger partial charge in [-0.05, 0) is 42.5 Å². The molecule has 25 heavy (non-hydrogen) atoms. The summed E-state index contributed by atoms with van der Waals surface area (Å²) in [7, 11) is 0. The highest BCUT2D eigenvalue weighted by atomic mass is 32.2. The lowest BCUT2D eigenvalue weighted by molar-refractivity contribution is -0.113. The molecular formula is C18H15N3O3S. The van der Waals surface area contributed by atoms with Crippen LogP contribution in [0.25, 0.3) is 0 Å². The van der Waals surface area contributed by atoms with Crippen molar-refractivity contribution >= 4 is 35.0 Å². The molecule has 0 aliphatic heterocycles. The van der Waals surface area contributed by atoms with Gasteiger partial charge in [-0.25, -0.2) is 0 Å².